The topological polar surface area (TPSA) is 87.0 Å². The third-order valence-corrected chi connectivity index (χ3v) is 8.20. The minimum Gasteiger partial charge on any atom is -0.335 e. The molecule has 2 aliphatic rings. The van der Waals surface area contributed by atoms with Crippen LogP contribution in [-0.4, -0.2) is 76.2 Å². The van der Waals surface area contributed by atoms with Crippen LogP contribution in [0.3, 0.4) is 0 Å². The smallest absolute Gasteiger partial charge is 0.269 e. The van der Waals surface area contributed by atoms with Gasteiger partial charge in [0.1, 0.15) is 0 Å². The van der Waals surface area contributed by atoms with Crippen molar-refractivity contribution in [3.8, 4) is 0 Å². The number of amides is 2. The van der Waals surface area contributed by atoms with Crippen LogP contribution in [0.25, 0.3) is 0 Å². The Morgan fingerprint density at radius 1 is 0.838 bits per heavy atom. The highest BCUT2D eigenvalue weighted by atomic mass is 16.6. The van der Waals surface area contributed by atoms with Gasteiger partial charge in [-0.25, -0.2) is 0 Å². The number of nitrogens with zero attached hydrogens (tertiary/aromatic N) is 4. The van der Waals surface area contributed by atoms with Crippen molar-refractivity contribution in [3.63, 3.8) is 0 Å². The summed E-state index contributed by atoms with van der Waals surface area (Å²) < 4.78 is 0. The van der Waals surface area contributed by atoms with Gasteiger partial charge >= 0.3 is 0 Å². The molecule has 0 unspecified atom stereocenters. The molecule has 0 bridgehead atoms. The van der Waals surface area contributed by atoms with E-state index < -0.39 is 4.92 Å². The van der Waals surface area contributed by atoms with Crippen molar-refractivity contribution < 1.29 is 14.5 Å². The Morgan fingerprint density at radius 2 is 1.38 bits per heavy atom. The Bertz CT molecular complexity index is 841. The van der Waals surface area contributed by atoms with Gasteiger partial charge in [0.25, 0.3) is 5.69 Å². The van der Waals surface area contributed by atoms with Crippen LogP contribution in [-0.2, 0) is 16.0 Å². The first-order valence-electron chi connectivity index (χ1n) is 14.5. The Kier molecular flexibility index (Phi) is 11.8. The minimum absolute atomic E-state index is 0.0121. The fourth-order valence-corrected chi connectivity index (χ4v) is 6.01. The second kappa shape index (κ2) is 15.1. The van der Waals surface area contributed by atoms with Crippen LogP contribution < -0.4 is 0 Å². The molecule has 2 aliphatic carbocycles. The second-order valence-electron chi connectivity index (χ2n) is 10.7. The molecule has 0 radical (unpaired) electrons. The van der Waals surface area contributed by atoms with E-state index in [0.29, 0.717) is 18.6 Å². The first-order chi connectivity index (χ1) is 17.9. The van der Waals surface area contributed by atoms with Crippen molar-refractivity contribution in [1.82, 2.24) is 14.7 Å². The van der Waals surface area contributed by atoms with Crippen LogP contribution in [0.1, 0.15) is 90.0 Å². The van der Waals surface area contributed by atoms with Gasteiger partial charge < -0.3 is 14.7 Å². The first kappa shape index (κ1) is 29.1. The van der Waals surface area contributed by atoms with Gasteiger partial charge in [-0.15, -0.1) is 0 Å². The molecule has 8 heteroatoms. The summed E-state index contributed by atoms with van der Waals surface area (Å²) in [5, 5.41) is 11.0. The van der Waals surface area contributed by atoms with Crippen LogP contribution in [0.5, 0.6) is 0 Å². The van der Waals surface area contributed by atoms with Crippen LogP contribution in [0, 0.1) is 10.1 Å². The van der Waals surface area contributed by atoms with Crippen molar-refractivity contribution >= 4 is 17.5 Å². The molecule has 1 aromatic rings. The average molecular weight is 515 g/mol. The van der Waals surface area contributed by atoms with Crippen LogP contribution in [0.4, 0.5) is 5.69 Å². The number of carbonyl (C=O) groups excluding carboxylic acids is 2. The Labute approximate surface area is 222 Å². The van der Waals surface area contributed by atoms with Crippen molar-refractivity contribution in [1.29, 1.82) is 0 Å². The van der Waals surface area contributed by atoms with Gasteiger partial charge in [0, 0.05) is 30.8 Å². The summed E-state index contributed by atoms with van der Waals surface area (Å²) in [6.07, 6.45) is 12.4. The molecular weight excluding hydrogens is 468 g/mol. The molecule has 0 heterocycles. The standard InChI is InChI=1S/C29H46N4O4/c1-3-30(4-2)20-11-21-31(28(34)22-24-16-18-27(19-17-24)33(36)37)23-29(35)32(25-12-7-5-8-13-25)26-14-9-6-10-15-26/h16-19,25-26H,3-15,20-23H2,1-2H3. The van der Waals surface area contributed by atoms with E-state index in [1.54, 1.807) is 17.0 Å². The predicted molar refractivity (Wildman–Crippen MR) is 146 cm³/mol. The van der Waals surface area contributed by atoms with E-state index in [1.807, 2.05) is 0 Å². The normalized spacial score (nSPS) is 17.1. The van der Waals surface area contributed by atoms with Crippen molar-refractivity contribution in [2.45, 2.75) is 103 Å². The number of hydrogen-bond acceptors (Lipinski definition) is 5. The number of non-ortho nitro benzene ring substituents is 1. The largest absolute Gasteiger partial charge is 0.335 e. The van der Waals surface area contributed by atoms with Crippen molar-refractivity contribution in [2.24, 2.45) is 0 Å². The summed E-state index contributed by atoms with van der Waals surface area (Å²) in [7, 11) is 0. The third-order valence-electron chi connectivity index (χ3n) is 8.20. The summed E-state index contributed by atoms with van der Waals surface area (Å²) in [5.74, 6) is 0.00711. The molecule has 0 atom stereocenters. The van der Waals surface area contributed by atoms with E-state index in [1.165, 1.54) is 50.7 Å². The zero-order valence-corrected chi connectivity index (χ0v) is 22.9. The highest BCUT2D eigenvalue weighted by Gasteiger charge is 2.33. The molecule has 2 fully saturated rings. The van der Waals surface area contributed by atoms with Gasteiger partial charge in [-0.1, -0.05) is 64.5 Å². The summed E-state index contributed by atoms with van der Waals surface area (Å²) >= 11 is 0. The molecule has 0 aromatic heterocycles. The maximum atomic E-state index is 13.9. The van der Waals surface area contributed by atoms with E-state index >= 15 is 0 Å². The van der Waals surface area contributed by atoms with E-state index in [9.17, 15) is 19.7 Å². The zero-order valence-electron chi connectivity index (χ0n) is 22.9. The molecule has 206 valence electrons. The molecule has 8 nitrogen and oxygen atoms in total. The summed E-state index contributed by atoms with van der Waals surface area (Å²) in [5.41, 5.74) is 0.742. The highest BCUT2D eigenvalue weighted by Crippen LogP contribution is 2.30. The van der Waals surface area contributed by atoms with Crippen molar-refractivity contribution in [2.75, 3.05) is 32.7 Å². The summed E-state index contributed by atoms with van der Waals surface area (Å²) in [4.78, 5) is 44.2. The van der Waals surface area contributed by atoms with Gasteiger partial charge in [0.15, 0.2) is 0 Å². The van der Waals surface area contributed by atoms with Gasteiger partial charge in [0.05, 0.1) is 17.9 Å². The molecule has 0 spiro atoms. The Morgan fingerprint density at radius 3 is 1.86 bits per heavy atom. The molecule has 0 saturated heterocycles. The predicted octanol–water partition coefficient (Wildman–Crippen LogP) is 5.19. The summed E-state index contributed by atoms with van der Waals surface area (Å²) in [6, 6.07) is 6.75. The SMILES string of the molecule is CCN(CC)CCCN(CC(=O)N(C1CCCCC1)C1CCCCC1)C(=O)Cc1ccc([N+](=O)[O-])cc1. The Hall–Kier alpha value is -2.48. The van der Waals surface area contributed by atoms with Crippen LogP contribution in [0.2, 0.25) is 0 Å². The average Bonchev–Trinajstić information content (AvgIpc) is 2.92. The van der Waals surface area contributed by atoms with E-state index in [4.69, 9.17) is 0 Å². The lowest BCUT2D eigenvalue weighted by molar-refractivity contribution is -0.384. The number of nitro benzene ring substituents is 1. The quantitative estimate of drug-likeness (QED) is 0.267. The van der Waals surface area contributed by atoms with Crippen LogP contribution in [0.15, 0.2) is 24.3 Å². The second-order valence-corrected chi connectivity index (χ2v) is 10.7. The van der Waals surface area contributed by atoms with Gasteiger partial charge in [-0.2, -0.15) is 0 Å². The maximum Gasteiger partial charge on any atom is 0.269 e. The highest BCUT2D eigenvalue weighted by molar-refractivity contribution is 5.86. The molecule has 0 N–H and O–H groups in total. The van der Waals surface area contributed by atoms with E-state index in [0.717, 1.165) is 57.3 Å². The number of benzene rings is 1. The lowest BCUT2D eigenvalue weighted by Crippen LogP contribution is -2.53. The lowest BCUT2D eigenvalue weighted by atomic mass is 9.88. The van der Waals surface area contributed by atoms with E-state index in [2.05, 4.69) is 23.6 Å². The molecule has 1 aromatic carbocycles. The third kappa shape index (κ3) is 8.80. The molecule has 3 rings (SSSR count). The fourth-order valence-electron chi connectivity index (χ4n) is 6.01. The maximum absolute atomic E-state index is 13.9. The number of rotatable bonds is 13. The van der Waals surface area contributed by atoms with Gasteiger partial charge in [0.2, 0.25) is 11.8 Å². The number of hydrogen-bond donors (Lipinski definition) is 0. The first-order valence-corrected chi connectivity index (χ1v) is 14.5. The fraction of sp³-hybridized carbons (Fsp3) is 0.724. The van der Waals surface area contributed by atoms with Crippen LogP contribution >= 0.6 is 0 Å². The number of carbonyl (C=O) groups is 2. The van der Waals surface area contributed by atoms with Gasteiger partial charge in [-0.3, -0.25) is 19.7 Å². The molecule has 37 heavy (non-hydrogen) atoms. The van der Waals surface area contributed by atoms with Gasteiger partial charge in [-0.05, 0) is 57.3 Å². The number of nitro groups is 1. The Balaban J connectivity index is 1.73. The lowest BCUT2D eigenvalue weighted by Gasteiger charge is -2.42. The summed E-state index contributed by atoms with van der Waals surface area (Å²) in [6.45, 7) is 7.74. The molecule has 0 aliphatic heterocycles. The molecular formula is C29H46N4O4. The minimum atomic E-state index is -0.436. The molecule has 2 saturated carbocycles. The van der Waals surface area contributed by atoms with E-state index in [-0.39, 0.29) is 30.5 Å². The molecule has 2 amide bonds. The zero-order chi connectivity index (χ0) is 26.6. The van der Waals surface area contributed by atoms with Crippen molar-refractivity contribution in [3.05, 3.63) is 39.9 Å². The monoisotopic (exact) mass is 514 g/mol.